The fourth-order valence-electron chi connectivity index (χ4n) is 4.13. The Balaban J connectivity index is 1.69. The Kier molecular flexibility index (Phi) is 7.87. The summed E-state index contributed by atoms with van der Waals surface area (Å²) < 4.78 is 30.4. The first-order valence-corrected chi connectivity index (χ1v) is 11.7. The molecular formula is C27H25ClFNO5. The number of ether oxygens (including phenoxy) is 3. The van der Waals surface area contributed by atoms with Crippen LogP contribution >= 0.6 is 11.6 Å². The number of carbonyl (C=O) groups excluding carboxylic acids is 2. The fraction of sp³-hybridized carbons (Fsp3) is 0.259. The maximum absolute atomic E-state index is 14.0. The number of nitrogens with zero attached hydrogens (tertiary/aromatic N) is 1. The number of halogens is 2. The minimum Gasteiger partial charge on any atom is -0.482 e. The Morgan fingerprint density at radius 3 is 2.60 bits per heavy atom. The summed E-state index contributed by atoms with van der Waals surface area (Å²) >= 11 is 6.33. The number of carbonyl (C=O) groups is 2. The van der Waals surface area contributed by atoms with Gasteiger partial charge in [-0.2, -0.15) is 0 Å². The molecule has 0 saturated heterocycles. The van der Waals surface area contributed by atoms with Crippen molar-refractivity contribution in [2.45, 2.75) is 26.0 Å². The van der Waals surface area contributed by atoms with Gasteiger partial charge in [0.05, 0.1) is 12.6 Å². The highest BCUT2D eigenvalue weighted by Gasteiger charge is 2.35. The van der Waals surface area contributed by atoms with E-state index in [1.807, 2.05) is 30.3 Å². The third-order valence-corrected chi connectivity index (χ3v) is 5.93. The van der Waals surface area contributed by atoms with Crippen LogP contribution in [-0.4, -0.2) is 36.7 Å². The van der Waals surface area contributed by atoms with Crippen molar-refractivity contribution < 1.29 is 28.2 Å². The van der Waals surface area contributed by atoms with Gasteiger partial charge in [-0.05, 0) is 60.4 Å². The Morgan fingerprint density at radius 2 is 1.83 bits per heavy atom. The van der Waals surface area contributed by atoms with E-state index in [9.17, 15) is 14.0 Å². The summed E-state index contributed by atoms with van der Waals surface area (Å²) in [6.07, 6.45) is -0.0611. The number of fused-ring (bicyclic) bond motifs is 1. The van der Waals surface area contributed by atoms with E-state index in [0.29, 0.717) is 29.3 Å². The van der Waals surface area contributed by atoms with E-state index in [4.69, 9.17) is 25.8 Å². The molecule has 1 aliphatic rings. The van der Waals surface area contributed by atoms with Crippen LogP contribution in [0.15, 0.2) is 66.7 Å². The summed E-state index contributed by atoms with van der Waals surface area (Å²) in [5.41, 5.74) is 2.93. The van der Waals surface area contributed by atoms with E-state index in [0.717, 1.165) is 16.7 Å². The van der Waals surface area contributed by atoms with Gasteiger partial charge in [0.1, 0.15) is 18.2 Å². The highest BCUT2D eigenvalue weighted by molar-refractivity contribution is 6.30. The number of hydrogen-bond donors (Lipinski definition) is 0. The number of rotatable bonds is 7. The van der Waals surface area contributed by atoms with Gasteiger partial charge in [0.25, 0.3) is 0 Å². The second-order valence-corrected chi connectivity index (χ2v) is 8.44. The molecular weight excluding hydrogens is 473 g/mol. The Morgan fingerprint density at radius 1 is 1.03 bits per heavy atom. The molecule has 3 aromatic rings. The molecule has 1 atom stereocenters. The van der Waals surface area contributed by atoms with E-state index in [1.54, 1.807) is 36.1 Å². The lowest BCUT2D eigenvalue weighted by Gasteiger charge is -2.37. The molecule has 0 fully saturated rings. The van der Waals surface area contributed by atoms with Crippen LogP contribution in [0.3, 0.4) is 0 Å². The second kappa shape index (κ2) is 11.2. The first-order chi connectivity index (χ1) is 17.0. The normalized spacial score (nSPS) is 14.7. The molecule has 0 bridgehead atoms. The summed E-state index contributed by atoms with van der Waals surface area (Å²) in [7, 11) is 0. The van der Waals surface area contributed by atoms with Gasteiger partial charge in [-0.3, -0.25) is 4.90 Å². The summed E-state index contributed by atoms with van der Waals surface area (Å²) in [6, 6.07) is 18.2. The van der Waals surface area contributed by atoms with Crippen molar-refractivity contribution in [2.75, 3.05) is 19.8 Å². The molecule has 182 valence electrons. The fourth-order valence-corrected chi connectivity index (χ4v) is 4.31. The van der Waals surface area contributed by atoms with Gasteiger partial charge in [-0.1, -0.05) is 48.0 Å². The summed E-state index contributed by atoms with van der Waals surface area (Å²) in [5, 5.41) is 0.426. The maximum Gasteiger partial charge on any atom is 0.410 e. The van der Waals surface area contributed by atoms with E-state index >= 15 is 0 Å². The molecule has 4 rings (SSSR count). The molecule has 8 heteroatoms. The quantitative estimate of drug-likeness (QED) is 0.391. The Bertz CT molecular complexity index is 1200. The predicted molar refractivity (Wildman–Crippen MR) is 129 cm³/mol. The molecule has 1 unspecified atom stereocenters. The molecule has 0 saturated carbocycles. The zero-order valence-electron chi connectivity index (χ0n) is 19.2. The van der Waals surface area contributed by atoms with Gasteiger partial charge in [0.2, 0.25) is 0 Å². The molecule has 0 spiro atoms. The average Bonchev–Trinajstić information content (AvgIpc) is 2.86. The predicted octanol–water partition coefficient (Wildman–Crippen LogP) is 5.71. The largest absolute Gasteiger partial charge is 0.482 e. The minimum atomic E-state index is -0.654. The standard InChI is InChI=1S/C27H25ClFNO5/c1-2-33-25(31)17-34-24-11-8-20(28)15-23(24)26-22-10-9-21(29)14-19(22)12-13-30(26)27(32)35-16-18-6-4-3-5-7-18/h3-11,14-15,26H,2,12-13,16-17H2,1H3. The van der Waals surface area contributed by atoms with E-state index in [2.05, 4.69) is 0 Å². The van der Waals surface area contributed by atoms with Crippen LogP contribution in [0.5, 0.6) is 5.75 Å². The lowest BCUT2D eigenvalue weighted by atomic mass is 9.88. The number of amides is 1. The molecule has 6 nitrogen and oxygen atoms in total. The van der Waals surface area contributed by atoms with Crippen molar-refractivity contribution in [3.8, 4) is 5.75 Å². The molecule has 1 heterocycles. The SMILES string of the molecule is CCOC(=O)COc1ccc(Cl)cc1C1c2ccc(F)cc2CCN1C(=O)OCc1ccccc1. The molecule has 1 aliphatic heterocycles. The topological polar surface area (TPSA) is 65.1 Å². The summed E-state index contributed by atoms with van der Waals surface area (Å²) in [4.78, 5) is 26.7. The van der Waals surface area contributed by atoms with Crippen LogP contribution in [0.1, 0.15) is 35.2 Å². The van der Waals surface area contributed by atoms with Crippen LogP contribution in [0.4, 0.5) is 9.18 Å². The van der Waals surface area contributed by atoms with Crippen molar-refractivity contribution >= 4 is 23.7 Å². The van der Waals surface area contributed by atoms with Gasteiger partial charge < -0.3 is 14.2 Å². The Hall–Kier alpha value is -3.58. The second-order valence-electron chi connectivity index (χ2n) is 8.01. The first kappa shape index (κ1) is 24.5. The lowest BCUT2D eigenvalue weighted by Crippen LogP contribution is -2.41. The van der Waals surface area contributed by atoms with Crippen LogP contribution in [0.2, 0.25) is 5.02 Å². The number of esters is 1. The maximum atomic E-state index is 14.0. The van der Waals surface area contributed by atoms with Crippen molar-refractivity contribution in [2.24, 2.45) is 0 Å². The minimum absolute atomic E-state index is 0.112. The van der Waals surface area contributed by atoms with Crippen LogP contribution in [-0.2, 0) is 27.3 Å². The zero-order valence-corrected chi connectivity index (χ0v) is 20.0. The van der Waals surface area contributed by atoms with Gasteiger partial charge >= 0.3 is 12.1 Å². The molecule has 3 aromatic carbocycles. The van der Waals surface area contributed by atoms with Gasteiger partial charge in [-0.25, -0.2) is 14.0 Å². The van der Waals surface area contributed by atoms with Gasteiger partial charge in [-0.15, -0.1) is 0 Å². The molecule has 0 aromatic heterocycles. The lowest BCUT2D eigenvalue weighted by molar-refractivity contribution is -0.145. The smallest absolute Gasteiger partial charge is 0.410 e. The van der Waals surface area contributed by atoms with Crippen molar-refractivity contribution in [1.29, 1.82) is 0 Å². The van der Waals surface area contributed by atoms with Crippen LogP contribution in [0, 0.1) is 5.82 Å². The zero-order chi connectivity index (χ0) is 24.8. The monoisotopic (exact) mass is 497 g/mol. The first-order valence-electron chi connectivity index (χ1n) is 11.3. The molecule has 0 aliphatic carbocycles. The summed E-state index contributed by atoms with van der Waals surface area (Å²) in [5.74, 6) is -0.503. The third kappa shape index (κ3) is 5.92. The number of benzene rings is 3. The van der Waals surface area contributed by atoms with Gasteiger partial charge in [0, 0.05) is 17.1 Å². The molecule has 0 radical (unpaired) electrons. The summed E-state index contributed by atoms with van der Waals surface area (Å²) in [6.45, 7) is 2.06. The van der Waals surface area contributed by atoms with E-state index in [1.165, 1.54) is 12.1 Å². The van der Waals surface area contributed by atoms with E-state index < -0.39 is 18.1 Å². The average molecular weight is 498 g/mol. The van der Waals surface area contributed by atoms with Gasteiger partial charge in [0.15, 0.2) is 6.61 Å². The van der Waals surface area contributed by atoms with Crippen molar-refractivity contribution in [3.05, 3.63) is 99.8 Å². The van der Waals surface area contributed by atoms with Crippen LogP contribution < -0.4 is 4.74 Å². The Labute approximate surface area is 208 Å². The van der Waals surface area contributed by atoms with E-state index in [-0.39, 0.29) is 25.6 Å². The van der Waals surface area contributed by atoms with Crippen molar-refractivity contribution in [1.82, 2.24) is 4.90 Å². The third-order valence-electron chi connectivity index (χ3n) is 5.69. The highest BCUT2D eigenvalue weighted by Crippen LogP contribution is 2.41. The molecule has 0 N–H and O–H groups in total. The molecule has 1 amide bonds. The highest BCUT2D eigenvalue weighted by atomic mass is 35.5. The molecule has 35 heavy (non-hydrogen) atoms. The van der Waals surface area contributed by atoms with Crippen molar-refractivity contribution in [3.63, 3.8) is 0 Å². The number of hydrogen-bond acceptors (Lipinski definition) is 5. The van der Waals surface area contributed by atoms with Crippen LogP contribution in [0.25, 0.3) is 0 Å².